The molecule has 0 heterocycles. The van der Waals surface area contributed by atoms with Crippen molar-refractivity contribution in [2.45, 2.75) is 58.3 Å². The lowest BCUT2D eigenvalue weighted by atomic mass is 10.1. The van der Waals surface area contributed by atoms with Crippen molar-refractivity contribution in [3.8, 4) is 0 Å². The molecule has 0 fully saturated rings. The van der Waals surface area contributed by atoms with E-state index in [0.717, 1.165) is 6.42 Å². The fourth-order valence-electron chi connectivity index (χ4n) is 1.42. The first-order chi connectivity index (χ1) is 7.41. The summed E-state index contributed by atoms with van der Waals surface area (Å²) < 4.78 is 0. The summed E-state index contributed by atoms with van der Waals surface area (Å²) in [5.41, 5.74) is 0. The van der Waals surface area contributed by atoms with Crippen LogP contribution in [0.5, 0.6) is 0 Å². The fraction of sp³-hybridized carbons (Fsp3) is 0.714. The van der Waals surface area contributed by atoms with E-state index >= 15 is 0 Å². The molecule has 0 unspecified atom stereocenters. The van der Waals surface area contributed by atoms with Crippen LogP contribution in [0.1, 0.15) is 58.3 Å². The molecule has 0 radical (unpaired) electrons. The number of allylic oxidation sites excluding steroid dienone is 4. The molecule has 0 aliphatic rings. The highest BCUT2D eigenvalue weighted by Gasteiger charge is 1.87. The molecule has 0 rings (SSSR count). The van der Waals surface area contributed by atoms with E-state index < -0.39 is 0 Å². The van der Waals surface area contributed by atoms with Gasteiger partial charge in [-0.2, -0.15) is 0 Å². The zero-order valence-corrected chi connectivity index (χ0v) is 10.1. The largest absolute Gasteiger partial charge is 0.396 e. The van der Waals surface area contributed by atoms with E-state index in [1.807, 2.05) is 0 Å². The summed E-state index contributed by atoms with van der Waals surface area (Å²) >= 11 is 0. The topological polar surface area (TPSA) is 20.2 Å². The maximum Gasteiger partial charge on any atom is 0.0431 e. The second-order valence-corrected chi connectivity index (χ2v) is 3.93. The quantitative estimate of drug-likeness (QED) is 0.422. The molecule has 88 valence electrons. The second-order valence-electron chi connectivity index (χ2n) is 3.93. The molecular formula is C14H26O. The number of aliphatic hydroxyl groups excluding tert-OH is 1. The van der Waals surface area contributed by atoms with Gasteiger partial charge in [-0.05, 0) is 25.7 Å². The van der Waals surface area contributed by atoms with Crippen LogP contribution in [0, 0.1) is 0 Å². The molecule has 0 aliphatic carbocycles. The second kappa shape index (κ2) is 13.4. The third-order valence-electron chi connectivity index (χ3n) is 2.37. The van der Waals surface area contributed by atoms with E-state index in [1.165, 1.54) is 44.9 Å². The molecule has 0 spiro atoms. The summed E-state index contributed by atoms with van der Waals surface area (Å²) in [5.74, 6) is 0. The van der Waals surface area contributed by atoms with Crippen LogP contribution in [-0.4, -0.2) is 11.7 Å². The van der Waals surface area contributed by atoms with Crippen molar-refractivity contribution in [2.24, 2.45) is 0 Å². The van der Waals surface area contributed by atoms with E-state index in [4.69, 9.17) is 5.11 Å². The SMILES string of the molecule is CCC/C=C\C=C/CCCCCCCO. The van der Waals surface area contributed by atoms with E-state index in [0.29, 0.717) is 6.61 Å². The number of hydrogen-bond acceptors (Lipinski definition) is 1. The highest BCUT2D eigenvalue weighted by Crippen LogP contribution is 2.05. The van der Waals surface area contributed by atoms with Crippen LogP contribution in [0.15, 0.2) is 24.3 Å². The molecule has 0 bridgehead atoms. The average Bonchev–Trinajstić information content (AvgIpc) is 2.26. The van der Waals surface area contributed by atoms with Crippen LogP contribution in [-0.2, 0) is 0 Å². The Morgan fingerprint density at radius 3 is 2.07 bits per heavy atom. The van der Waals surface area contributed by atoms with E-state index in [-0.39, 0.29) is 0 Å². The normalized spacial score (nSPS) is 11.9. The van der Waals surface area contributed by atoms with Crippen LogP contribution < -0.4 is 0 Å². The first kappa shape index (κ1) is 14.4. The molecule has 15 heavy (non-hydrogen) atoms. The molecule has 0 saturated heterocycles. The van der Waals surface area contributed by atoms with E-state index in [2.05, 4.69) is 31.2 Å². The smallest absolute Gasteiger partial charge is 0.0431 e. The van der Waals surface area contributed by atoms with Gasteiger partial charge in [-0.1, -0.05) is 56.9 Å². The first-order valence-corrected chi connectivity index (χ1v) is 6.34. The Morgan fingerprint density at radius 1 is 0.800 bits per heavy atom. The van der Waals surface area contributed by atoms with Gasteiger partial charge in [-0.15, -0.1) is 0 Å². The van der Waals surface area contributed by atoms with E-state index in [9.17, 15) is 0 Å². The van der Waals surface area contributed by atoms with Crippen LogP contribution in [0.25, 0.3) is 0 Å². The Labute approximate surface area is 94.9 Å². The summed E-state index contributed by atoms with van der Waals surface area (Å²) in [7, 11) is 0. The molecule has 0 aromatic heterocycles. The maximum atomic E-state index is 8.59. The van der Waals surface area contributed by atoms with Gasteiger partial charge < -0.3 is 5.11 Å². The monoisotopic (exact) mass is 210 g/mol. The molecule has 0 aromatic carbocycles. The lowest BCUT2D eigenvalue weighted by Gasteiger charge is -1.96. The van der Waals surface area contributed by atoms with Crippen LogP contribution in [0.2, 0.25) is 0 Å². The minimum Gasteiger partial charge on any atom is -0.396 e. The standard InChI is InChI=1S/C14H26O/c1-2-3-4-5-6-7-8-9-10-11-12-13-14-15/h4-7,15H,2-3,8-14H2,1H3/b5-4-,7-6-. The fourth-order valence-corrected chi connectivity index (χ4v) is 1.42. The first-order valence-electron chi connectivity index (χ1n) is 6.34. The zero-order valence-electron chi connectivity index (χ0n) is 10.1. The summed E-state index contributed by atoms with van der Waals surface area (Å²) in [5, 5.41) is 8.59. The Hall–Kier alpha value is -0.560. The zero-order chi connectivity index (χ0) is 11.2. The Kier molecular flexibility index (Phi) is 12.9. The Morgan fingerprint density at radius 2 is 1.40 bits per heavy atom. The summed E-state index contributed by atoms with van der Waals surface area (Å²) in [6, 6.07) is 0. The molecule has 0 aliphatic heterocycles. The van der Waals surface area contributed by atoms with Gasteiger partial charge in [0.05, 0.1) is 0 Å². The minimum absolute atomic E-state index is 0.349. The van der Waals surface area contributed by atoms with Crippen LogP contribution >= 0.6 is 0 Å². The van der Waals surface area contributed by atoms with Gasteiger partial charge >= 0.3 is 0 Å². The Balaban J connectivity index is 3.09. The number of aliphatic hydroxyl groups is 1. The summed E-state index contributed by atoms with van der Waals surface area (Å²) in [4.78, 5) is 0. The molecular weight excluding hydrogens is 184 g/mol. The van der Waals surface area contributed by atoms with Gasteiger partial charge in [0.25, 0.3) is 0 Å². The molecule has 0 amide bonds. The maximum absolute atomic E-state index is 8.59. The average molecular weight is 210 g/mol. The molecule has 1 N–H and O–H groups in total. The van der Waals surface area contributed by atoms with Crippen molar-refractivity contribution in [2.75, 3.05) is 6.61 Å². The number of hydrogen-bond donors (Lipinski definition) is 1. The van der Waals surface area contributed by atoms with E-state index in [1.54, 1.807) is 0 Å². The lowest BCUT2D eigenvalue weighted by Crippen LogP contribution is -1.82. The molecule has 0 atom stereocenters. The van der Waals surface area contributed by atoms with Crippen molar-refractivity contribution in [1.82, 2.24) is 0 Å². The highest BCUT2D eigenvalue weighted by molar-refractivity contribution is 5.02. The molecule has 1 nitrogen and oxygen atoms in total. The van der Waals surface area contributed by atoms with Crippen molar-refractivity contribution < 1.29 is 5.11 Å². The van der Waals surface area contributed by atoms with Crippen molar-refractivity contribution in [3.05, 3.63) is 24.3 Å². The summed E-state index contributed by atoms with van der Waals surface area (Å²) in [6.45, 7) is 2.54. The lowest BCUT2D eigenvalue weighted by molar-refractivity contribution is 0.282. The van der Waals surface area contributed by atoms with Gasteiger partial charge in [-0.3, -0.25) is 0 Å². The van der Waals surface area contributed by atoms with Gasteiger partial charge in [0, 0.05) is 6.61 Å². The number of rotatable bonds is 10. The third-order valence-corrected chi connectivity index (χ3v) is 2.37. The molecule has 1 heteroatoms. The van der Waals surface area contributed by atoms with Gasteiger partial charge in [0.2, 0.25) is 0 Å². The predicted octanol–water partition coefficient (Wildman–Crippen LogP) is 4.23. The molecule has 0 saturated carbocycles. The van der Waals surface area contributed by atoms with Gasteiger partial charge in [0.1, 0.15) is 0 Å². The third kappa shape index (κ3) is 13.4. The Bertz CT molecular complexity index is 159. The minimum atomic E-state index is 0.349. The molecule has 0 aromatic rings. The van der Waals surface area contributed by atoms with Crippen molar-refractivity contribution in [3.63, 3.8) is 0 Å². The van der Waals surface area contributed by atoms with Gasteiger partial charge in [-0.25, -0.2) is 0 Å². The van der Waals surface area contributed by atoms with Gasteiger partial charge in [0.15, 0.2) is 0 Å². The number of unbranched alkanes of at least 4 members (excludes halogenated alkanes) is 6. The van der Waals surface area contributed by atoms with Crippen molar-refractivity contribution in [1.29, 1.82) is 0 Å². The predicted molar refractivity (Wildman–Crippen MR) is 68.0 cm³/mol. The van der Waals surface area contributed by atoms with Crippen LogP contribution in [0.4, 0.5) is 0 Å². The van der Waals surface area contributed by atoms with Crippen LogP contribution in [0.3, 0.4) is 0 Å². The van der Waals surface area contributed by atoms with Crippen molar-refractivity contribution >= 4 is 0 Å². The summed E-state index contributed by atoms with van der Waals surface area (Å²) in [6.07, 6.45) is 18.4. The highest BCUT2D eigenvalue weighted by atomic mass is 16.2.